The van der Waals surface area contributed by atoms with Crippen molar-refractivity contribution < 1.29 is 14.2 Å². The van der Waals surface area contributed by atoms with Crippen LogP contribution in [0.2, 0.25) is 0 Å². The van der Waals surface area contributed by atoms with Gasteiger partial charge in [0.2, 0.25) is 5.75 Å². The molecule has 1 aromatic heterocycles. The van der Waals surface area contributed by atoms with Crippen LogP contribution >= 0.6 is 11.8 Å². The zero-order chi connectivity index (χ0) is 14.5. The van der Waals surface area contributed by atoms with Crippen molar-refractivity contribution in [1.82, 2.24) is 10.2 Å². The Balaban J connectivity index is 2.50. The molecule has 0 saturated carbocycles. The number of hydrogen-bond acceptors (Lipinski definition) is 6. The molecule has 0 bridgehead atoms. The van der Waals surface area contributed by atoms with E-state index < -0.39 is 0 Å². The van der Waals surface area contributed by atoms with E-state index >= 15 is 0 Å². The van der Waals surface area contributed by atoms with Crippen LogP contribution in [0.4, 0.5) is 0 Å². The molecule has 20 heavy (non-hydrogen) atoms. The van der Waals surface area contributed by atoms with Gasteiger partial charge in [-0.3, -0.25) is 0 Å². The Bertz CT molecular complexity index is 562. The topological polar surface area (TPSA) is 53.5 Å². The second-order valence-corrected chi connectivity index (χ2v) is 4.70. The summed E-state index contributed by atoms with van der Waals surface area (Å²) in [5.74, 6) is 1.75. The summed E-state index contributed by atoms with van der Waals surface area (Å²) in [6, 6.07) is 7.55. The van der Waals surface area contributed by atoms with Crippen LogP contribution < -0.4 is 14.2 Å². The summed E-state index contributed by atoms with van der Waals surface area (Å²) in [4.78, 5) is 0. The lowest BCUT2D eigenvalue weighted by Gasteiger charge is -2.13. The van der Waals surface area contributed by atoms with Gasteiger partial charge in [-0.15, -0.1) is 22.0 Å². The molecular formula is C14H16N2O3S. The fraction of sp³-hybridized carbons (Fsp3) is 0.286. The highest BCUT2D eigenvalue weighted by atomic mass is 32.2. The zero-order valence-electron chi connectivity index (χ0n) is 11.8. The van der Waals surface area contributed by atoms with E-state index in [2.05, 4.69) is 10.2 Å². The Morgan fingerprint density at radius 1 is 0.900 bits per heavy atom. The van der Waals surface area contributed by atoms with Crippen molar-refractivity contribution in [2.45, 2.75) is 5.03 Å². The lowest BCUT2D eigenvalue weighted by Crippen LogP contribution is -1.96. The van der Waals surface area contributed by atoms with Crippen LogP contribution in [-0.4, -0.2) is 37.8 Å². The third-order valence-corrected chi connectivity index (χ3v) is 3.45. The molecule has 0 aliphatic heterocycles. The minimum atomic E-state index is 0.562. The van der Waals surface area contributed by atoms with E-state index in [0.29, 0.717) is 17.2 Å². The molecule has 0 N–H and O–H groups in total. The van der Waals surface area contributed by atoms with Gasteiger partial charge in [-0.25, -0.2) is 0 Å². The highest BCUT2D eigenvalue weighted by Gasteiger charge is 2.14. The van der Waals surface area contributed by atoms with Crippen LogP contribution in [-0.2, 0) is 0 Å². The molecule has 5 nitrogen and oxygen atoms in total. The molecule has 0 spiro atoms. The number of rotatable bonds is 5. The Labute approximate surface area is 122 Å². The Morgan fingerprint density at radius 2 is 1.55 bits per heavy atom. The van der Waals surface area contributed by atoms with Gasteiger partial charge in [0, 0.05) is 5.56 Å². The van der Waals surface area contributed by atoms with E-state index in [1.807, 2.05) is 30.5 Å². The number of hydrogen-bond donors (Lipinski definition) is 0. The fourth-order valence-corrected chi connectivity index (χ4v) is 2.14. The molecule has 0 unspecified atom stereocenters. The smallest absolute Gasteiger partial charge is 0.203 e. The van der Waals surface area contributed by atoms with E-state index in [1.165, 1.54) is 0 Å². The molecule has 0 aliphatic rings. The van der Waals surface area contributed by atoms with Crippen molar-refractivity contribution in [3.63, 3.8) is 0 Å². The van der Waals surface area contributed by atoms with Crippen LogP contribution in [0.25, 0.3) is 11.3 Å². The van der Waals surface area contributed by atoms with Gasteiger partial charge in [0.05, 0.1) is 27.0 Å². The van der Waals surface area contributed by atoms with Crippen molar-refractivity contribution in [3.8, 4) is 28.5 Å². The van der Waals surface area contributed by atoms with E-state index in [-0.39, 0.29) is 0 Å². The molecule has 0 radical (unpaired) electrons. The lowest BCUT2D eigenvalue weighted by molar-refractivity contribution is 0.324. The molecule has 0 fully saturated rings. The fourth-order valence-electron chi connectivity index (χ4n) is 1.81. The number of thioether (sulfide) groups is 1. The first-order valence-corrected chi connectivity index (χ1v) is 7.14. The lowest BCUT2D eigenvalue weighted by atomic mass is 10.1. The maximum Gasteiger partial charge on any atom is 0.203 e. The summed E-state index contributed by atoms with van der Waals surface area (Å²) in [7, 11) is 4.75. The van der Waals surface area contributed by atoms with Gasteiger partial charge in [-0.1, -0.05) is 0 Å². The summed E-state index contributed by atoms with van der Waals surface area (Å²) >= 11 is 1.55. The third kappa shape index (κ3) is 2.80. The number of ether oxygens (including phenoxy) is 3. The van der Waals surface area contributed by atoms with Gasteiger partial charge in [0.15, 0.2) is 11.5 Å². The van der Waals surface area contributed by atoms with Crippen LogP contribution in [0.15, 0.2) is 29.3 Å². The third-order valence-electron chi connectivity index (χ3n) is 2.81. The molecular weight excluding hydrogens is 276 g/mol. The molecule has 0 saturated heterocycles. The Morgan fingerprint density at radius 3 is 1.95 bits per heavy atom. The van der Waals surface area contributed by atoms with Gasteiger partial charge in [0.1, 0.15) is 5.03 Å². The zero-order valence-corrected chi connectivity index (χ0v) is 12.7. The minimum absolute atomic E-state index is 0.562. The van der Waals surface area contributed by atoms with Crippen LogP contribution in [0.1, 0.15) is 0 Å². The summed E-state index contributed by atoms with van der Waals surface area (Å²) in [6.07, 6.45) is 1.96. The summed E-state index contributed by atoms with van der Waals surface area (Å²) in [5, 5.41) is 9.21. The second kappa shape index (κ2) is 6.47. The van der Waals surface area contributed by atoms with E-state index in [0.717, 1.165) is 16.3 Å². The van der Waals surface area contributed by atoms with Crippen molar-refractivity contribution >= 4 is 11.8 Å². The van der Waals surface area contributed by atoms with E-state index in [1.54, 1.807) is 33.1 Å². The minimum Gasteiger partial charge on any atom is -0.493 e. The number of nitrogens with zero attached hydrogens (tertiary/aromatic N) is 2. The van der Waals surface area contributed by atoms with Gasteiger partial charge in [-0.05, 0) is 30.5 Å². The van der Waals surface area contributed by atoms with Gasteiger partial charge in [0.25, 0.3) is 0 Å². The molecule has 2 rings (SSSR count). The van der Waals surface area contributed by atoms with E-state index in [4.69, 9.17) is 14.2 Å². The normalized spacial score (nSPS) is 10.2. The van der Waals surface area contributed by atoms with Crippen LogP contribution in [0.3, 0.4) is 0 Å². The standard InChI is InChI=1S/C14H16N2O3S/c1-17-11-7-9(8-12(18-2)14(11)19-3)10-5-6-13(20-4)16-15-10/h5-8H,1-4H3. The monoisotopic (exact) mass is 292 g/mol. The second-order valence-electron chi connectivity index (χ2n) is 3.87. The Kier molecular flexibility index (Phi) is 4.68. The number of benzene rings is 1. The molecule has 0 atom stereocenters. The predicted octanol–water partition coefficient (Wildman–Crippen LogP) is 2.89. The molecule has 1 heterocycles. The Hall–Kier alpha value is -1.95. The van der Waals surface area contributed by atoms with Gasteiger partial charge < -0.3 is 14.2 Å². The summed E-state index contributed by atoms with van der Waals surface area (Å²) in [6.45, 7) is 0. The van der Waals surface area contributed by atoms with Crippen LogP contribution in [0, 0.1) is 0 Å². The van der Waals surface area contributed by atoms with Crippen molar-refractivity contribution in [2.24, 2.45) is 0 Å². The first-order valence-electron chi connectivity index (χ1n) is 5.91. The maximum absolute atomic E-state index is 5.33. The van der Waals surface area contributed by atoms with Crippen molar-refractivity contribution in [1.29, 1.82) is 0 Å². The quantitative estimate of drug-likeness (QED) is 0.790. The average molecular weight is 292 g/mol. The first-order chi connectivity index (χ1) is 9.73. The van der Waals surface area contributed by atoms with Gasteiger partial charge >= 0.3 is 0 Å². The maximum atomic E-state index is 5.33. The SMILES string of the molecule is COc1cc(-c2ccc(SC)nn2)cc(OC)c1OC. The molecule has 6 heteroatoms. The van der Waals surface area contributed by atoms with Crippen molar-refractivity contribution in [3.05, 3.63) is 24.3 Å². The highest BCUT2D eigenvalue weighted by molar-refractivity contribution is 7.98. The van der Waals surface area contributed by atoms with Crippen molar-refractivity contribution in [2.75, 3.05) is 27.6 Å². The molecule has 106 valence electrons. The van der Waals surface area contributed by atoms with Gasteiger partial charge in [-0.2, -0.15) is 0 Å². The summed E-state index contributed by atoms with van der Waals surface area (Å²) in [5.41, 5.74) is 1.61. The first kappa shape index (κ1) is 14.5. The number of aromatic nitrogens is 2. The number of methoxy groups -OCH3 is 3. The largest absolute Gasteiger partial charge is 0.493 e. The molecule has 0 aliphatic carbocycles. The highest BCUT2D eigenvalue weighted by Crippen LogP contribution is 2.40. The predicted molar refractivity (Wildman–Crippen MR) is 78.9 cm³/mol. The molecule has 1 aromatic carbocycles. The summed E-state index contributed by atoms with van der Waals surface area (Å²) < 4.78 is 16.0. The molecule has 2 aromatic rings. The average Bonchev–Trinajstić information content (AvgIpc) is 2.53. The van der Waals surface area contributed by atoms with Crippen LogP contribution in [0.5, 0.6) is 17.2 Å². The van der Waals surface area contributed by atoms with E-state index in [9.17, 15) is 0 Å². The molecule has 0 amide bonds.